The van der Waals surface area contributed by atoms with Crippen LogP contribution < -0.4 is 5.32 Å². The smallest absolute Gasteiger partial charge is 0.317 e. The third kappa shape index (κ3) is 8.85. The molecule has 2 aromatic rings. The Morgan fingerprint density at radius 1 is 1.21 bits per heavy atom. The quantitative estimate of drug-likeness (QED) is 0.484. The van der Waals surface area contributed by atoms with Crippen LogP contribution in [-0.2, 0) is 10.1 Å². The molecule has 1 aromatic heterocycles. The van der Waals surface area contributed by atoms with E-state index in [2.05, 4.69) is 17.2 Å². The van der Waals surface area contributed by atoms with E-state index in [0.29, 0.717) is 31.5 Å². The second-order valence-corrected chi connectivity index (χ2v) is 9.44. The van der Waals surface area contributed by atoms with E-state index in [1.807, 2.05) is 47.0 Å². The van der Waals surface area contributed by atoms with Crippen molar-refractivity contribution in [3.63, 3.8) is 0 Å². The minimum atomic E-state index is -3.67. The summed E-state index contributed by atoms with van der Waals surface area (Å²) in [5.41, 5.74) is 1.66. The van der Waals surface area contributed by atoms with Gasteiger partial charge in [-0.1, -0.05) is 13.3 Å². The zero-order valence-electron chi connectivity index (χ0n) is 19.3. The summed E-state index contributed by atoms with van der Waals surface area (Å²) in [4.78, 5) is 32.7. The van der Waals surface area contributed by atoms with Crippen molar-refractivity contribution in [2.24, 2.45) is 0 Å². The van der Waals surface area contributed by atoms with Gasteiger partial charge in [0, 0.05) is 56.4 Å². The van der Waals surface area contributed by atoms with E-state index in [1.54, 1.807) is 17.4 Å². The predicted octanol–water partition coefficient (Wildman–Crippen LogP) is 2.42. The van der Waals surface area contributed by atoms with Gasteiger partial charge in [-0.05, 0) is 43.5 Å². The Bertz CT molecular complexity index is 977. The van der Waals surface area contributed by atoms with Crippen molar-refractivity contribution in [1.82, 2.24) is 24.7 Å². The van der Waals surface area contributed by atoms with E-state index in [0.717, 1.165) is 31.4 Å². The molecule has 1 aliphatic rings. The summed E-state index contributed by atoms with van der Waals surface area (Å²) in [7, 11) is -1.82. The summed E-state index contributed by atoms with van der Waals surface area (Å²) in [6.07, 6.45) is 9.71. The highest BCUT2D eigenvalue weighted by atomic mass is 32.2. The van der Waals surface area contributed by atoms with Crippen LogP contribution in [0.15, 0.2) is 43.0 Å². The molecule has 11 heteroatoms. The van der Waals surface area contributed by atoms with Crippen LogP contribution in [0, 0.1) is 0 Å². The Morgan fingerprint density at radius 2 is 1.82 bits per heavy atom. The molecule has 1 aromatic carbocycles. The fourth-order valence-corrected chi connectivity index (χ4v) is 3.49. The Labute approximate surface area is 195 Å². The fraction of sp³-hybridized carbons (Fsp3) is 0.500. The number of likely N-dealkylation sites (tertiary alicyclic amines) is 1. The second-order valence-electron chi connectivity index (χ2n) is 7.97. The largest absolute Gasteiger partial charge is 0.338 e. The number of carbonyl (C=O) groups is 2. The van der Waals surface area contributed by atoms with E-state index in [1.165, 1.54) is 0 Å². The number of nitrogens with one attached hydrogen (secondary N) is 1. The molecular weight excluding hydrogens is 446 g/mol. The Kier molecular flexibility index (Phi) is 9.86. The van der Waals surface area contributed by atoms with Crippen LogP contribution in [0.3, 0.4) is 0 Å². The average molecular weight is 480 g/mol. The number of urea groups is 1. The molecule has 33 heavy (non-hydrogen) atoms. The topological polar surface area (TPSA) is 125 Å². The maximum Gasteiger partial charge on any atom is 0.317 e. The van der Waals surface area contributed by atoms with Gasteiger partial charge in [0.1, 0.15) is 0 Å². The van der Waals surface area contributed by atoms with Crippen LogP contribution in [0.1, 0.15) is 43.0 Å². The van der Waals surface area contributed by atoms with Crippen LogP contribution in [-0.4, -0.2) is 83.2 Å². The molecule has 0 unspecified atom stereocenters. The van der Waals surface area contributed by atoms with Gasteiger partial charge in [-0.2, -0.15) is 8.42 Å². The maximum atomic E-state index is 12.8. The number of hydrogen-bond donors (Lipinski definition) is 2. The van der Waals surface area contributed by atoms with Crippen molar-refractivity contribution in [2.75, 3.05) is 32.9 Å². The lowest BCUT2D eigenvalue weighted by atomic mass is 10.0. The number of nitrogens with zero attached hydrogens (tertiary/aromatic N) is 4. The summed E-state index contributed by atoms with van der Waals surface area (Å²) < 4.78 is 27.8. The standard InChI is InChI=1S/C21H29N5O2.CH4O3S/c1-3-4-11-23-21(28)24(2)18-9-13-25(14-10-18)20(27)17-5-7-19(8-6-17)26-15-12-22-16-26;1-5(2,3)4/h5-8,12,15-16,18H,3-4,9-11,13-14H2,1-2H3,(H,23,28);1H3,(H,2,3,4). The van der Waals surface area contributed by atoms with Crippen molar-refractivity contribution in [2.45, 2.75) is 38.6 Å². The summed E-state index contributed by atoms with van der Waals surface area (Å²) in [5, 5.41) is 2.96. The number of carbonyl (C=O) groups excluding carboxylic acids is 2. The lowest BCUT2D eigenvalue weighted by Crippen LogP contribution is -2.50. The van der Waals surface area contributed by atoms with Crippen molar-refractivity contribution < 1.29 is 22.6 Å². The Morgan fingerprint density at radius 3 is 2.33 bits per heavy atom. The minimum absolute atomic E-state index is 0.0201. The van der Waals surface area contributed by atoms with Gasteiger partial charge in [-0.3, -0.25) is 9.35 Å². The number of imidazole rings is 1. The van der Waals surface area contributed by atoms with E-state index in [9.17, 15) is 18.0 Å². The summed E-state index contributed by atoms with van der Waals surface area (Å²) in [6.45, 7) is 4.15. The van der Waals surface area contributed by atoms with Gasteiger partial charge in [-0.25, -0.2) is 9.78 Å². The molecule has 10 nitrogen and oxygen atoms in total. The van der Waals surface area contributed by atoms with Crippen molar-refractivity contribution in [1.29, 1.82) is 0 Å². The fourth-order valence-electron chi connectivity index (χ4n) is 3.49. The molecule has 1 aliphatic heterocycles. The first kappa shape index (κ1) is 26.3. The van der Waals surface area contributed by atoms with Crippen molar-refractivity contribution in [3.8, 4) is 5.69 Å². The first-order valence-electron chi connectivity index (χ1n) is 10.9. The minimum Gasteiger partial charge on any atom is -0.338 e. The number of piperidine rings is 1. The van der Waals surface area contributed by atoms with Crippen LogP contribution in [0.25, 0.3) is 5.69 Å². The number of amides is 3. The number of benzene rings is 1. The van der Waals surface area contributed by atoms with Gasteiger partial charge in [0.05, 0.1) is 12.6 Å². The number of unbranched alkanes of at least 4 members (excludes halogenated alkanes) is 1. The average Bonchev–Trinajstić information content (AvgIpc) is 3.32. The molecule has 0 radical (unpaired) electrons. The zero-order valence-corrected chi connectivity index (χ0v) is 20.2. The van der Waals surface area contributed by atoms with Crippen LogP contribution in [0.5, 0.6) is 0 Å². The monoisotopic (exact) mass is 479 g/mol. The van der Waals surface area contributed by atoms with E-state index >= 15 is 0 Å². The van der Waals surface area contributed by atoms with Crippen LogP contribution >= 0.6 is 0 Å². The Hall–Kier alpha value is -2.92. The molecule has 0 atom stereocenters. The molecule has 0 saturated carbocycles. The Balaban J connectivity index is 0.000000696. The van der Waals surface area contributed by atoms with E-state index in [-0.39, 0.29) is 18.0 Å². The normalized spacial score (nSPS) is 14.2. The lowest BCUT2D eigenvalue weighted by molar-refractivity contribution is 0.0667. The van der Waals surface area contributed by atoms with Crippen LogP contribution in [0.2, 0.25) is 0 Å². The van der Waals surface area contributed by atoms with Crippen molar-refractivity contribution in [3.05, 3.63) is 48.5 Å². The van der Waals surface area contributed by atoms with Crippen molar-refractivity contribution >= 4 is 22.1 Å². The number of rotatable bonds is 6. The first-order chi connectivity index (χ1) is 15.6. The third-order valence-corrected chi connectivity index (χ3v) is 5.34. The number of hydrogen-bond acceptors (Lipinski definition) is 5. The van der Waals surface area contributed by atoms with Gasteiger partial charge in [0.15, 0.2) is 0 Å². The summed E-state index contributed by atoms with van der Waals surface area (Å²) >= 11 is 0. The van der Waals surface area contributed by atoms with E-state index < -0.39 is 10.1 Å². The van der Waals surface area contributed by atoms with Crippen LogP contribution in [0.4, 0.5) is 4.79 Å². The van der Waals surface area contributed by atoms with E-state index in [4.69, 9.17) is 4.55 Å². The van der Waals surface area contributed by atoms with Gasteiger partial charge in [0.25, 0.3) is 16.0 Å². The molecule has 3 rings (SSSR count). The molecule has 0 aliphatic carbocycles. The highest BCUT2D eigenvalue weighted by molar-refractivity contribution is 7.85. The molecule has 3 amide bonds. The highest BCUT2D eigenvalue weighted by Gasteiger charge is 2.27. The predicted molar refractivity (Wildman–Crippen MR) is 126 cm³/mol. The molecule has 2 heterocycles. The first-order valence-corrected chi connectivity index (χ1v) is 12.8. The number of aromatic nitrogens is 2. The van der Waals surface area contributed by atoms with Gasteiger partial charge >= 0.3 is 6.03 Å². The lowest BCUT2D eigenvalue weighted by Gasteiger charge is -2.36. The maximum absolute atomic E-state index is 12.8. The van der Waals surface area contributed by atoms with Gasteiger partial charge < -0.3 is 19.7 Å². The summed E-state index contributed by atoms with van der Waals surface area (Å²) in [5.74, 6) is 0.0469. The third-order valence-electron chi connectivity index (χ3n) is 5.34. The molecule has 0 spiro atoms. The zero-order chi connectivity index (χ0) is 24.4. The molecule has 1 saturated heterocycles. The molecule has 182 valence electrons. The SMILES string of the molecule is CCCCNC(=O)N(C)C1CCN(C(=O)c2ccc(-n3ccnc3)cc2)CC1.CS(=O)(=O)O. The van der Waals surface area contributed by atoms with Gasteiger partial charge in [-0.15, -0.1) is 0 Å². The second kappa shape index (κ2) is 12.4. The molecule has 2 N–H and O–H groups in total. The molecule has 1 fully saturated rings. The molecule has 0 bridgehead atoms. The van der Waals surface area contributed by atoms with Gasteiger partial charge in [0.2, 0.25) is 0 Å². The summed E-state index contributed by atoms with van der Waals surface area (Å²) in [6, 6.07) is 7.72. The highest BCUT2D eigenvalue weighted by Crippen LogP contribution is 2.18. The molecular formula is C22H33N5O5S.